The van der Waals surface area contributed by atoms with Crippen LogP contribution in [-0.2, 0) is 11.3 Å². The number of halogens is 1. The van der Waals surface area contributed by atoms with Crippen molar-refractivity contribution >= 4 is 29.7 Å². The van der Waals surface area contributed by atoms with Crippen LogP contribution in [0, 0.1) is 5.92 Å². The molecule has 1 aliphatic heterocycles. The molecule has 0 radical (unpaired) electrons. The van der Waals surface area contributed by atoms with Gasteiger partial charge in [0.15, 0.2) is 0 Å². The SMILES string of the molecule is CN(Cc1cn(-c2ccccc2)nc1-c1cccs1)C(=O)C1CCNC1.Cl. The lowest BCUT2D eigenvalue weighted by atomic mass is 10.1. The molecule has 1 aromatic carbocycles. The van der Waals surface area contributed by atoms with Crippen LogP contribution >= 0.6 is 23.7 Å². The molecule has 0 aliphatic carbocycles. The van der Waals surface area contributed by atoms with Gasteiger partial charge in [-0.15, -0.1) is 23.7 Å². The Morgan fingerprint density at radius 2 is 2.11 bits per heavy atom. The molecule has 4 rings (SSSR count). The average Bonchev–Trinajstić information content (AvgIpc) is 3.42. The fraction of sp³-hybridized carbons (Fsp3) is 0.300. The fourth-order valence-electron chi connectivity index (χ4n) is 3.37. The number of hydrogen-bond donors (Lipinski definition) is 1. The Morgan fingerprint density at radius 3 is 2.78 bits per heavy atom. The van der Waals surface area contributed by atoms with Gasteiger partial charge in [-0.05, 0) is 36.5 Å². The lowest BCUT2D eigenvalue weighted by Gasteiger charge is -2.20. The monoisotopic (exact) mass is 402 g/mol. The molecule has 1 fully saturated rings. The maximum atomic E-state index is 12.7. The van der Waals surface area contributed by atoms with Gasteiger partial charge in [-0.25, -0.2) is 4.68 Å². The van der Waals surface area contributed by atoms with Crippen LogP contribution in [0.1, 0.15) is 12.0 Å². The van der Waals surface area contributed by atoms with Crippen molar-refractivity contribution in [2.24, 2.45) is 5.92 Å². The summed E-state index contributed by atoms with van der Waals surface area (Å²) in [5.41, 5.74) is 3.04. The topological polar surface area (TPSA) is 50.2 Å². The lowest BCUT2D eigenvalue weighted by Crippen LogP contribution is -2.33. The number of aromatic nitrogens is 2. The minimum Gasteiger partial charge on any atom is -0.341 e. The third-order valence-corrected chi connectivity index (χ3v) is 5.64. The van der Waals surface area contributed by atoms with Crippen LogP contribution < -0.4 is 5.32 Å². The Bertz CT molecular complexity index is 873. The van der Waals surface area contributed by atoms with Crippen molar-refractivity contribution in [3.63, 3.8) is 0 Å². The van der Waals surface area contributed by atoms with Crippen molar-refractivity contribution in [1.29, 1.82) is 0 Å². The smallest absolute Gasteiger partial charge is 0.227 e. The van der Waals surface area contributed by atoms with E-state index in [4.69, 9.17) is 5.10 Å². The summed E-state index contributed by atoms with van der Waals surface area (Å²) in [5, 5.41) is 10.1. The van der Waals surface area contributed by atoms with Gasteiger partial charge >= 0.3 is 0 Å². The van der Waals surface area contributed by atoms with Gasteiger partial charge in [-0.2, -0.15) is 5.10 Å². The molecule has 27 heavy (non-hydrogen) atoms. The number of para-hydroxylation sites is 1. The summed E-state index contributed by atoms with van der Waals surface area (Å²) >= 11 is 1.67. The quantitative estimate of drug-likeness (QED) is 0.709. The summed E-state index contributed by atoms with van der Waals surface area (Å²) in [7, 11) is 1.89. The van der Waals surface area contributed by atoms with E-state index in [0.29, 0.717) is 6.54 Å². The molecule has 3 aromatic rings. The largest absolute Gasteiger partial charge is 0.341 e. The van der Waals surface area contributed by atoms with E-state index in [2.05, 4.69) is 16.8 Å². The maximum absolute atomic E-state index is 12.7. The summed E-state index contributed by atoms with van der Waals surface area (Å²) in [6, 6.07) is 14.2. The highest BCUT2D eigenvalue weighted by Gasteiger charge is 2.26. The first kappa shape index (κ1) is 19.6. The molecule has 1 saturated heterocycles. The number of carbonyl (C=O) groups is 1. The van der Waals surface area contributed by atoms with Gasteiger partial charge in [0.1, 0.15) is 5.69 Å². The van der Waals surface area contributed by atoms with Gasteiger partial charge in [0.2, 0.25) is 5.91 Å². The Labute approximate surface area is 169 Å². The van der Waals surface area contributed by atoms with Crippen LogP contribution in [0.15, 0.2) is 54.0 Å². The van der Waals surface area contributed by atoms with E-state index < -0.39 is 0 Å². The van der Waals surface area contributed by atoms with E-state index in [-0.39, 0.29) is 24.2 Å². The van der Waals surface area contributed by atoms with Crippen LogP contribution in [-0.4, -0.2) is 40.7 Å². The molecular weight excluding hydrogens is 380 g/mol. The molecule has 0 bridgehead atoms. The van der Waals surface area contributed by atoms with Gasteiger partial charge in [0.25, 0.3) is 0 Å². The second-order valence-corrected chi connectivity index (χ2v) is 7.59. The Balaban J connectivity index is 0.00000210. The first-order valence-corrected chi connectivity index (χ1v) is 9.74. The number of thiophene rings is 1. The Kier molecular flexibility index (Phi) is 6.31. The van der Waals surface area contributed by atoms with Crippen molar-refractivity contribution in [1.82, 2.24) is 20.0 Å². The van der Waals surface area contributed by atoms with Gasteiger partial charge in [0, 0.05) is 31.9 Å². The summed E-state index contributed by atoms with van der Waals surface area (Å²) in [6.07, 6.45) is 2.96. The third kappa shape index (κ3) is 4.24. The minimum absolute atomic E-state index is 0. The van der Waals surface area contributed by atoms with Crippen molar-refractivity contribution in [3.05, 3.63) is 59.6 Å². The zero-order valence-corrected chi connectivity index (χ0v) is 16.8. The molecule has 0 saturated carbocycles. The highest BCUT2D eigenvalue weighted by Crippen LogP contribution is 2.29. The number of nitrogens with zero attached hydrogens (tertiary/aromatic N) is 3. The van der Waals surface area contributed by atoms with Crippen LogP contribution in [0.5, 0.6) is 0 Å². The summed E-state index contributed by atoms with van der Waals surface area (Å²) < 4.78 is 1.90. The van der Waals surface area contributed by atoms with Crippen LogP contribution in [0.25, 0.3) is 16.3 Å². The number of carbonyl (C=O) groups excluding carboxylic acids is 1. The van der Waals surface area contributed by atoms with E-state index in [9.17, 15) is 4.79 Å². The molecule has 1 amide bonds. The van der Waals surface area contributed by atoms with E-state index in [0.717, 1.165) is 41.3 Å². The second kappa shape index (κ2) is 8.69. The molecule has 1 atom stereocenters. The number of rotatable bonds is 5. The number of amides is 1. The van der Waals surface area contributed by atoms with Crippen molar-refractivity contribution in [2.75, 3.05) is 20.1 Å². The molecule has 5 nitrogen and oxygen atoms in total. The lowest BCUT2D eigenvalue weighted by molar-refractivity contribution is -0.134. The van der Waals surface area contributed by atoms with Crippen molar-refractivity contribution in [3.8, 4) is 16.3 Å². The maximum Gasteiger partial charge on any atom is 0.227 e. The zero-order chi connectivity index (χ0) is 17.9. The summed E-state index contributed by atoms with van der Waals surface area (Å²) in [5.74, 6) is 0.300. The van der Waals surface area contributed by atoms with Gasteiger partial charge in [-0.3, -0.25) is 4.79 Å². The molecular formula is C20H23ClN4OS. The molecule has 3 heterocycles. The Hall–Kier alpha value is -2.15. The normalized spacial score (nSPS) is 16.1. The molecule has 7 heteroatoms. The first-order chi connectivity index (χ1) is 12.7. The van der Waals surface area contributed by atoms with Crippen LogP contribution in [0.4, 0.5) is 0 Å². The summed E-state index contributed by atoms with van der Waals surface area (Å²) in [4.78, 5) is 15.6. The van der Waals surface area contributed by atoms with Crippen LogP contribution in [0.3, 0.4) is 0 Å². The van der Waals surface area contributed by atoms with E-state index in [1.807, 2.05) is 59.2 Å². The van der Waals surface area contributed by atoms with Crippen molar-refractivity contribution in [2.45, 2.75) is 13.0 Å². The van der Waals surface area contributed by atoms with Crippen molar-refractivity contribution < 1.29 is 4.79 Å². The van der Waals surface area contributed by atoms with E-state index in [1.165, 1.54) is 0 Å². The first-order valence-electron chi connectivity index (χ1n) is 8.86. The number of nitrogens with one attached hydrogen (secondary N) is 1. The van der Waals surface area contributed by atoms with Gasteiger partial charge < -0.3 is 10.2 Å². The highest BCUT2D eigenvalue weighted by molar-refractivity contribution is 7.13. The zero-order valence-electron chi connectivity index (χ0n) is 15.2. The predicted molar refractivity (Wildman–Crippen MR) is 112 cm³/mol. The third-order valence-electron chi connectivity index (χ3n) is 4.76. The molecule has 0 spiro atoms. The molecule has 1 N–H and O–H groups in total. The molecule has 142 valence electrons. The second-order valence-electron chi connectivity index (χ2n) is 6.64. The van der Waals surface area contributed by atoms with Gasteiger partial charge in [0.05, 0.1) is 16.5 Å². The number of hydrogen-bond acceptors (Lipinski definition) is 4. The average molecular weight is 403 g/mol. The molecule has 2 aromatic heterocycles. The predicted octanol–water partition coefficient (Wildman–Crippen LogP) is 3.59. The summed E-state index contributed by atoms with van der Waals surface area (Å²) in [6.45, 7) is 2.27. The number of benzene rings is 1. The fourth-order valence-corrected chi connectivity index (χ4v) is 4.11. The van der Waals surface area contributed by atoms with Crippen LogP contribution in [0.2, 0.25) is 0 Å². The van der Waals surface area contributed by atoms with E-state index in [1.54, 1.807) is 11.3 Å². The van der Waals surface area contributed by atoms with E-state index >= 15 is 0 Å². The Morgan fingerprint density at radius 1 is 1.30 bits per heavy atom. The molecule has 1 aliphatic rings. The standard InChI is InChI=1S/C20H22N4OS.ClH/c1-23(20(25)15-9-10-21-12-15)13-16-14-24(17-6-3-2-4-7-17)22-19(16)18-8-5-11-26-18;/h2-8,11,14-15,21H,9-10,12-13H2,1H3;1H. The molecule has 1 unspecified atom stereocenters. The highest BCUT2D eigenvalue weighted by atomic mass is 35.5. The minimum atomic E-state index is 0. The van der Waals surface area contributed by atoms with Gasteiger partial charge in [-0.1, -0.05) is 24.3 Å².